The van der Waals surface area contributed by atoms with E-state index in [4.69, 9.17) is 14.6 Å². The summed E-state index contributed by atoms with van der Waals surface area (Å²) in [6, 6.07) is 18.2. The van der Waals surface area contributed by atoms with E-state index in [1.165, 1.54) is 0 Å². The van der Waals surface area contributed by atoms with Crippen LogP contribution in [0, 0.1) is 0 Å². The first-order valence-electron chi connectivity index (χ1n) is 8.97. The number of imide groups is 1. The van der Waals surface area contributed by atoms with Crippen LogP contribution >= 0.6 is 0 Å². The molecule has 1 N–H and O–H groups in total. The number of carbonyl (C=O) groups is 3. The molecular weight excluding hydrogens is 362 g/mol. The summed E-state index contributed by atoms with van der Waals surface area (Å²) in [5, 5.41) is 8.72. The second-order valence-electron chi connectivity index (χ2n) is 6.08. The molecule has 2 amide bonds. The van der Waals surface area contributed by atoms with E-state index in [0.717, 1.165) is 16.0 Å². The number of hydrogen-bond acceptors (Lipinski definition) is 5. The highest BCUT2D eigenvalue weighted by Crippen LogP contribution is 2.09. The molecule has 7 nitrogen and oxygen atoms in total. The number of rotatable bonds is 9. The van der Waals surface area contributed by atoms with Crippen LogP contribution in [-0.2, 0) is 27.5 Å². The van der Waals surface area contributed by atoms with E-state index in [1.54, 1.807) is 24.3 Å². The summed E-state index contributed by atoms with van der Waals surface area (Å²) >= 11 is 0. The molecule has 0 saturated heterocycles. The van der Waals surface area contributed by atoms with Gasteiger partial charge in [0.1, 0.15) is 13.2 Å². The Bertz CT molecular complexity index is 707. The maximum Gasteiger partial charge on any atom is 0.419 e. The Labute approximate surface area is 163 Å². The Morgan fingerprint density at radius 1 is 0.750 bits per heavy atom. The molecule has 0 atom stereocenters. The van der Waals surface area contributed by atoms with Crippen molar-refractivity contribution < 1.29 is 29.0 Å². The van der Waals surface area contributed by atoms with Crippen LogP contribution in [0.15, 0.2) is 60.7 Å². The lowest BCUT2D eigenvalue weighted by Crippen LogP contribution is -2.38. The smallest absolute Gasteiger partial charge is 0.419 e. The summed E-state index contributed by atoms with van der Waals surface area (Å²) in [5.41, 5.74) is 1.58. The molecule has 0 aliphatic carbocycles. The van der Waals surface area contributed by atoms with Crippen molar-refractivity contribution in [2.24, 2.45) is 0 Å². The summed E-state index contributed by atoms with van der Waals surface area (Å²) in [5.74, 6) is -0.926. The second-order valence-corrected chi connectivity index (χ2v) is 6.08. The minimum atomic E-state index is -0.926. The van der Waals surface area contributed by atoms with Crippen molar-refractivity contribution in [3.05, 3.63) is 71.8 Å². The second kappa shape index (κ2) is 11.4. The van der Waals surface area contributed by atoms with E-state index in [1.807, 2.05) is 36.4 Å². The number of unbranched alkanes of at least 4 members (excludes halogenated alkanes) is 1. The average Bonchev–Trinajstić information content (AvgIpc) is 2.71. The third-order valence-electron chi connectivity index (χ3n) is 3.87. The fourth-order valence-electron chi connectivity index (χ4n) is 2.40. The lowest BCUT2D eigenvalue weighted by molar-refractivity contribution is -0.137. The number of ether oxygens (including phenoxy) is 2. The lowest BCUT2D eigenvalue weighted by atomic mass is 10.2. The monoisotopic (exact) mass is 385 g/mol. The Morgan fingerprint density at radius 2 is 1.21 bits per heavy atom. The van der Waals surface area contributed by atoms with Crippen molar-refractivity contribution in [1.29, 1.82) is 0 Å². The highest BCUT2D eigenvalue weighted by Gasteiger charge is 2.24. The van der Waals surface area contributed by atoms with E-state index in [-0.39, 0.29) is 26.2 Å². The fourth-order valence-corrected chi connectivity index (χ4v) is 2.40. The molecule has 2 aromatic carbocycles. The molecule has 0 spiro atoms. The largest absolute Gasteiger partial charge is 0.481 e. The summed E-state index contributed by atoms with van der Waals surface area (Å²) in [4.78, 5) is 36.3. The normalized spacial score (nSPS) is 10.1. The van der Waals surface area contributed by atoms with Crippen molar-refractivity contribution in [3.63, 3.8) is 0 Å². The first-order chi connectivity index (χ1) is 13.6. The number of nitrogens with zero attached hydrogens (tertiary/aromatic N) is 1. The Morgan fingerprint density at radius 3 is 1.64 bits per heavy atom. The minimum Gasteiger partial charge on any atom is -0.481 e. The van der Waals surface area contributed by atoms with Crippen LogP contribution in [0.1, 0.15) is 30.4 Å². The van der Waals surface area contributed by atoms with Gasteiger partial charge in [-0.2, -0.15) is 0 Å². The van der Waals surface area contributed by atoms with Gasteiger partial charge in [-0.3, -0.25) is 4.79 Å². The number of carbonyl (C=O) groups excluding carboxylic acids is 2. The van der Waals surface area contributed by atoms with Crippen molar-refractivity contribution in [3.8, 4) is 0 Å². The number of hydrogen-bond donors (Lipinski definition) is 1. The lowest BCUT2D eigenvalue weighted by Gasteiger charge is -2.20. The molecule has 2 aromatic rings. The molecule has 0 aliphatic rings. The molecular formula is C21H23NO6. The number of amides is 2. The summed E-state index contributed by atoms with van der Waals surface area (Å²) in [7, 11) is 0. The van der Waals surface area contributed by atoms with E-state index in [2.05, 4.69) is 0 Å². The van der Waals surface area contributed by atoms with E-state index < -0.39 is 18.2 Å². The van der Waals surface area contributed by atoms with Gasteiger partial charge in [-0.1, -0.05) is 60.7 Å². The zero-order chi connectivity index (χ0) is 20.2. The Kier molecular flexibility index (Phi) is 8.52. The zero-order valence-corrected chi connectivity index (χ0v) is 15.5. The zero-order valence-electron chi connectivity index (χ0n) is 15.5. The van der Waals surface area contributed by atoms with Gasteiger partial charge in [0, 0.05) is 13.0 Å². The topological polar surface area (TPSA) is 93.1 Å². The number of aliphatic carboxylic acids is 1. The molecule has 0 bridgehead atoms. The molecule has 2 rings (SSSR count). The van der Waals surface area contributed by atoms with Crippen molar-refractivity contribution in [2.45, 2.75) is 32.5 Å². The maximum absolute atomic E-state index is 12.4. The van der Waals surface area contributed by atoms with Crippen LogP contribution in [0.4, 0.5) is 9.59 Å². The molecule has 0 unspecified atom stereocenters. The average molecular weight is 385 g/mol. The van der Waals surface area contributed by atoms with Crippen LogP contribution in [0.2, 0.25) is 0 Å². The molecule has 7 heteroatoms. The predicted octanol–water partition coefficient (Wildman–Crippen LogP) is 4.22. The number of benzene rings is 2. The number of carboxylic acids is 1. The molecule has 0 heterocycles. The predicted molar refractivity (Wildman–Crippen MR) is 101 cm³/mol. The van der Waals surface area contributed by atoms with Crippen molar-refractivity contribution >= 4 is 18.2 Å². The van der Waals surface area contributed by atoms with Crippen molar-refractivity contribution in [1.82, 2.24) is 4.90 Å². The van der Waals surface area contributed by atoms with Gasteiger partial charge in [0.2, 0.25) is 0 Å². The molecule has 0 aromatic heterocycles. The van der Waals surface area contributed by atoms with Crippen LogP contribution < -0.4 is 0 Å². The summed E-state index contributed by atoms with van der Waals surface area (Å²) in [6.45, 7) is 0.0725. The molecule has 0 aliphatic heterocycles. The van der Waals surface area contributed by atoms with Crippen LogP contribution in [0.25, 0.3) is 0 Å². The van der Waals surface area contributed by atoms with Crippen molar-refractivity contribution in [2.75, 3.05) is 6.54 Å². The fraction of sp³-hybridized carbons (Fsp3) is 0.286. The highest BCUT2D eigenvalue weighted by molar-refractivity contribution is 5.87. The standard InChI is InChI=1S/C21H23NO6/c23-19(24)13-7-8-14-22(20(25)27-15-17-9-3-1-4-10-17)21(26)28-16-18-11-5-2-6-12-18/h1-6,9-12H,7-8,13-16H2,(H,23,24). The SMILES string of the molecule is O=C(O)CCCCN(C(=O)OCc1ccccc1)C(=O)OCc1ccccc1. The van der Waals surface area contributed by atoms with E-state index in [0.29, 0.717) is 12.8 Å². The van der Waals surface area contributed by atoms with E-state index >= 15 is 0 Å². The minimum absolute atomic E-state index is 0.0223. The van der Waals surface area contributed by atoms with Gasteiger partial charge < -0.3 is 14.6 Å². The first-order valence-corrected chi connectivity index (χ1v) is 8.97. The Hall–Kier alpha value is -3.35. The summed E-state index contributed by atoms with van der Waals surface area (Å²) in [6.07, 6.45) is -1.00. The molecule has 0 saturated carbocycles. The maximum atomic E-state index is 12.4. The van der Waals surface area contributed by atoms with Gasteiger partial charge in [0.15, 0.2) is 0 Å². The molecule has 0 radical (unpaired) electrons. The third kappa shape index (κ3) is 7.49. The van der Waals surface area contributed by atoms with Gasteiger partial charge in [-0.05, 0) is 24.0 Å². The summed E-state index contributed by atoms with van der Waals surface area (Å²) < 4.78 is 10.4. The van der Waals surface area contributed by atoms with Gasteiger partial charge in [0.05, 0.1) is 0 Å². The van der Waals surface area contributed by atoms with Gasteiger partial charge in [0.25, 0.3) is 0 Å². The third-order valence-corrected chi connectivity index (χ3v) is 3.87. The quantitative estimate of drug-likeness (QED) is 0.650. The molecule has 148 valence electrons. The molecule has 28 heavy (non-hydrogen) atoms. The van der Waals surface area contributed by atoms with Crippen LogP contribution in [0.3, 0.4) is 0 Å². The van der Waals surface area contributed by atoms with E-state index in [9.17, 15) is 14.4 Å². The first kappa shape index (κ1) is 21.0. The molecule has 0 fully saturated rings. The highest BCUT2D eigenvalue weighted by atomic mass is 16.6. The van der Waals surface area contributed by atoms with Crippen LogP contribution in [-0.4, -0.2) is 34.7 Å². The number of carboxylic acid groups (broad SMARTS) is 1. The Balaban J connectivity index is 1.92. The van der Waals surface area contributed by atoms with Crippen LogP contribution in [0.5, 0.6) is 0 Å². The van der Waals surface area contributed by atoms with Gasteiger partial charge in [-0.15, -0.1) is 0 Å². The van der Waals surface area contributed by atoms with Gasteiger partial charge in [-0.25, -0.2) is 14.5 Å². The van der Waals surface area contributed by atoms with Gasteiger partial charge >= 0.3 is 18.2 Å².